The van der Waals surface area contributed by atoms with Crippen LogP contribution in [0.2, 0.25) is 0 Å². The number of ether oxygens (including phenoxy) is 1. The Labute approximate surface area is 171 Å². The standard InChI is InChI=1S/C22H18N4O2S/c1-13-9-21(24-19-10-14(28-2)7-8-15(13)19)29-12-20(27)16(11-23)22-25-17-5-3-4-6-18(17)26-22/h3-10,27H,12H2,1-2H3,(H,25,26)/b20-16-. The third-order valence-corrected chi connectivity index (χ3v) is 5.51. The Bertz CT molecular complexity index is 1250. The average molecular weight is 402 g/mol. The number of nitriles is 1. The molecule has 2 N–H and O–H groups in total. The van der Waals surface area contributed by atoms with Gasteiger partial charge in [-0.15, -0.1) is 0 Å². The number of hydrogen-bond acceptors (Lipinski definition) is 6. The van der Waals surface area contributed by atoms with Crippen LogP contribution >= 0.6 is 11.8 Å². The number of aliphatic hydroxyl groups is 1. The van der Waals surface area contributed by atoms with Gasteiger partial charge in [0.25, 0.3) is 0 Å². The minimum Gasteiger partial charge on any atom is -0.510 e. The summed E-state index contributed by atoms with van der Waals surface area (Å²) in [4.78, 5) is 12.1. The molecule has 0 amide bonds. The average Bonchev–Trinajstić information content (AvgIpc) is 3.16. The summed E-state index contributed by atoms with van der Waals surface area (Å²) in [7, 11) is 1.62. The zero-order valence-corrected chi connectivity index (χ0v) is 16.7. The van der Waals surface area contributed by atoms with Gasteiger partial charge >= 0.3 is 0 Å². The quantitative estimate of drug-likeness (QED) is 0.277. The van der Waals surface area contributed by atoms with E-state index in [9.17, 15) is 10.4 Å². The number of H-pyrrole nitrogens is 1. The zero-order chi connectivity index (χ0) is 20.4. The predicted molar refractivity (Wildman–Crippen MR) is 115 cm³/mol. The largest absolute Gasteiger partial charge is 0.510 e. The number of rotatable bonds is 5. The molecule has 2 heterocycles. The molecule has 0 saturated heterocycles. The molecule has 0 bridgehead atoms. The maximum Gasteiger partial charge on any atom is 0.152 e. The van der Waals surface area contributed by atoms with Crippen LogP contribution in [0, 0.1) is 18.3 Å². The molecule has 0 aliphatic heterocycles. The molecule has 4 rings (SSSR count). The minimum absolute atomic E-state index is 0.0400. The van der Waals surface area contributed by atoms with Crippen molar-refractivity contribution in [1.29, 1.82) is 5.26 Å². The second-order valence-electron chi connectivity index (χ2n) is 6.49. The maximum absolute atomic E-state index is 10.5. The van der Waals surface area contributed by atoms with Crippen molar-refractivity contribution < 1.29 is 9.84 Å². The summed E-state index contributed by atoms with van der Waals surface area (Å²) < 4.78 is 5.28. The highest BCUT2D eigenvalue weighted by molar-refractivity contribution is 7.99. The third kappa shape index (κ3) is 3.75. The lowest BCUT2D eigenvalue weighted by Gasteiger charge is -2.08. The highest BCUT2D eigenvalue weighted by atomic mass is 32.2. The Morgan fingerprint density at radius 3 is 2.76 bits per heavy atom. The molecule has 29 heavy (non-hydrogen) atoms. The van der Waals surface area contributed by atoms with Crippen molar-refractivity contribution in [3.63, 3.8) is 0 Å². The molecule has 0 spiro atoms. The van der Waals surface area contributed by atoms with Gasteiger partial charge in [-0.1, -0.05) is 23.9 Å². The van der Waals surface area contributed by atoms with Gasteiger partial charge in [0.15, 0.2) is 5.82 Å². The Morgan fingerprint density at radius 2 is 2.00 bits per heavy atom. The smallest absolute Gasteiger partial charge is 0.152 e. The molecule has 0 fully saturated rings. The van der Waals surface area contributed by atoms with Gasteiger partial charge in [-0.25, -0.2) is 9.97 Å². The first-order chi connectivity index (χ1) is 14.1. The number of fused-ring (bicyclic) bond motifs is 2. The van der Waals surface area contributed by atoms with E-state index in [2.05, 4.69) is 21.0 Å². The fourth-order valence-electron chi connectivity index (χ4n) is 3.09. The SMILES string of the molecule is COc1ccc2c(C)cc(SC/C(O)=C(\C#N)c3nc4ccccc4[nH]3)nc2c1. The van der Waals surface area contributed by atoms with Gasteiger partial charge in [0.2, 0.25) is 0 Å². The van der Waals surface area contributed by atoms with E-state index >= 15 is 0 Å². The van der Waals surface area contributed by atoms with Crippen LogP contribution in [0.5, 0.6) is 5.75 Å². The molecule has 4 aromatic rings. The second-order valence-corrected chi connectivity index (χ2v) is 7.48. The lowest BCUT2D eigenvalue weighted by Crippen LogP contribution is -1.96. The van der Waals surface area contributed by atoms with Crippen molar-refractivity contribution in [2.24, 2.45) is 0 Å². The number of para-hydroxylation sites is 2. The van der Waals surface area contributed by atoms with Crippen LogP contribution in [-0.2, 0) is 0 Å². The Balaban J connectivity index is 1.62. The molecule has 0 radical (unpaired) electrons. The number of allylic oxidation sites excluding steroid dienone is 1. The molecule has 0 aliphatic rings. The van der Waals surface area contributed by atoms with Crippen LogP contribution in [0.15, 0.2) is 59.3 Å². The van der Waals surface area contributed by atoms with Gasteiger partial charge < -0.3 is 14.8 Å². The van der Waals surface area contributed by atoms with E-state index < -0.39 is 0 Å². The normalized spacial score (nSPS) is 12.0. The summed E-state index contributed by atoms with van der Waals surface area (Å²) in [5, 5.41) is 21.9. The van der Waals surface area contributed by atoms with Crippen LogP contribution in [-0.4, -0.2) is 32.9 Å². The van der Waals surface area contributed by atoms with Gasteiger partial charge in [0.05, 0.1) is 34.4 Å². The number of benzene rings is 2. The molecule has 0 atom stereocenters. The Morgan fingerprint density at radius 1 is 1.17 bits per heavy atom. The number of aromatic nitrogens is 3. The highest BCUT2D eigenvalue weighted by Crippen LogP contribution is 2.28. The van der Waals surface area contributed by atoms with E-state index in [1.165, 1.54) is 11.8 Å². The molecule has 0 aliphatic carbocycles. The Kier molecular flexibility index (Phi) is 5.10. The summed E-state index contributed by atoms with van der Waals surface area (Å²) in [6, 6.07) is 17.3. The molecule has 6 nitrogen and oxygen atoms in total. The maximum atomic E-state index is 10.5. The predicted octanol–water partition coefficient (Wildman–Crippen LogP) is 5.01. The van der Waals surface area contributed by atoms with Gasteiger partial charge in [0, 0.05) is 11.5 Å². The first-order valence-electron chi connectivity index (χ1n) is 8.94. The molecule has 2 aromatic heterocycles. The topological polar surface area (TPSA) is 94.8 Å². The highest BCUT2D eigenvalue weighted by Gasteiger charge is 2.14. The van der Waals surface area contributed by atoms with E-state index in [0.29, 0.717) is 5.82 Å². The summed E-state index contributed by atoms with van der Waals surface area (Å²) >= 11 is 1.36. The van der Waals surface area contributed by atoms with Crippen LogP contribution < -0.4 is 4.74 Å². The molecular formula is C22H18N4O2S. The van der Waals surface area contributed by atoms with Crippen molar-refractivity contribution in [1.82, 2.24) is 15.0 Å². The Hall–Kier alpha value is -3.50. The lowest BCUT2D eigenvalue weighted by atomic mass is 10.1. The summed E-state index contributed by atoms with van der Waals surface area (Å²) in [5.74, 6) is 1.27. The van der Waals surface area contributed by atoms with Gasteiger partial charge in [-0.05, 0) is 42.8 Å². The summed E-state index contributed by atoms with van der Waals surface area (Å²) in [6.45, 7) is 2.02. The number of pyridine rings is 1. The van der Waals surface area contributed by atoms with Gasteiger partial charge in [-0.3, -0.25) is 0 Å². The minimum atomic E-state index is -0.0400. The van der Waals surface area contributed by atoms with Crippen LogP contribution in [0.25, 0.3) is 27.5 Å². The first-order valence-corrected chi connectivity index (χ1v) is 9.93. The number of nitrogens with one attached hydrogen (secondary N) is 1. The number of aryl methyl sites for hydroxylation is 1. The number of hydrogen-bond donors (Lipinski definition) is 2. The molecule has 7 heteroatoms. The van der Waals surface area contributed by atoms with Crippen LogP contribution in [0.4, 0.5) is 0 Å². The molecule has 0 unspecified atom stereocenters. The molecular weight excluding hydrogens is 384 g/mol. The van der Waals surface area contributed by atoms with E-state index in [-0.39, 0.29) is 17.1 Å². The van der Waals surface area contributed by atoms with Crippen LogP contribution in [0.3, 0.4) is 0 Å². The number of thioether (sulfide) groups is 1. The number of nitrogens with zero attached hydrogens (tertiary/aromatic N) is 3. The van der Waals surface area contributed by atoms with Crippen molar-refractivity contribution in [3.05, 3.63) is 65.7 Å². The monoisotopic (exact) mass is 402 g/mol. The number of imidazole rings is 1. The van der Waals surface area contributed by atoms with E-state index in [4.69, 9.17) is 4.74 Å². The number of aromatic amines is 1. The summed E-state index contributed by atoms with van der Waals surface area (Å²) in [6.07, 6.45) is 0. The molecule has 0 saturated carbocycles. The molecule has 144 valence electrons. The van der Waals surface area contributed by atoms with Crippen molar-refractivity contribution in [3.8, 4) is 11.8 Å². The van der Waals surface area contributed by atoms with Gasteiger partial charge in [0.1, 0.15) is 23.2 Å². The third-order valence-electron chi connectivity index (χ3n) is 4.58. The van der Waals surface area contributed by atoms with E-state index in [1.807, 2.05) is 55.5 Å². The molecule has 2 aromatic carbocycles. The van der Waals surface area contributed by atoms with Gasteiger partial charge in [-0.2, -0.15) is 5.26 Å². The van der Waals surface area contributed by atoms with Crippen molar-refractivity contribution in [2.75, 3.05) is 12.9 Å². The second kappa shape index (κ2) is 7.86. The number of methoxy groups -OCH3 is 1. The zero-order valence-electron chi connectivity index (χ0n) is 15.9. The van der Waals surface area contributed by atoms with Crippen molar-refractivity contribution in [2.45, 2.75) is 11.9 Å². The van der Waals surface area contributed by atoms with E-state index in [1.54, 1.807) is 7.11 Å². The first kappa shape index (κ1) is 18.8. The van der Waals surface area contributed by atoms with Crippen molar-refractivity contribution >= 4 is 39.3 Å². The van der Waals surface area contributed by atoms with E-state index in [0.717, 1.165) is 38.3 Å². The number of aliphatic hydroxyl groups excluding tert-OH is 1. The fraction of sp³-hybridized carbons (Fsp3) is 0.136. The van der Waals surface area contributed by atoms with Crippen LogP contribution in [0.1, 0.15) is 11.4 Å². The fourth-order valence-corrected chi connectivity index (χ4v) is 3.94. The lowest BCUT2D eigenvalue weighted by molar-refractivity contribution is 0.415. The summed E-state index contributed by atoms with van der Waals surface area (Å²) in [5.41, 5.74) is 3.61.